The molecule has 0 unspecified atom stereocenters. The SMILES string of the molecule is C=C(NC=O)c1c(O)cc(O)c2ccccc12. The number of benzene rings is 2. The number of hydrogen-bond acceptors (Lipinski definition) is 3. The van der Waals surface area contributed by atoms with Crippen molar-refractivity contribution < 1.29 is 15.0 Å². The summed E-state index contributed by atoms with van der Waals surface area (Å²) >= 11 is 0. The molecule has 0 radical (unpaired) electrons. The highest BCUT2D eigenvalue weighted by Gasteiger charge is 2.13. The first-order valence-electron chi connectivity index (χ1n) is 4.98. The van der Waals surface area contributed by atoms with Gasteiger partial charge < -0.3 is 15.5 Å². The number of phenolic OH excluding ortho intramolecular Hbond substituents is 2. The number of fused-ring (bicyclic) bond motifs is 1. The van der Waals surface area contributed by atoms with Gasteiger partial charge in [0.1, 0.15) is 11.5 Å². The Kier molecular flexibility index (Phi) is 2.70. The van der Waals surface area contributed by atoms with Crippen molar-refractivity contribution in [3.05, 3.63) is 42.5 Å². The molecule has 0 aliphatic rings. The van der Waals surface area contributed by atoms with Gasteiger partial charge in [0.2, 0.25) is 6.41 Å². The molecule has 4 heteroatoms. The molecule has 0 aromatic heterocycles. The van der Waals surface area contributed by atoms with Gasteiger partial charge in [-0.25, -0.2) is 0 Å². The van der Waals surface area contributed by atoms with Crippen LogP contribution in [0.1, 0.15) is 5.56 Å². The van der Waals surface area contributed by atoms with Crippen molar-refractivity contribution in [3.63, 3.8) is 0 Å². The Balaban J connectivity index is 2.77. The second-order valence-electron chi connectivity index (χ2n) is 3.58. The molecule has 17 heavy (non-hydrogen) atoms. The Morgan fingerprint density at radius 2 is 1.82 bits per heavy atom. The van der Waals surface area contributed by atoms with E-state index in [1.54, 1.807) is 24.3 Å². The third-order valence-corrected chi connectivity index (χ3v) is 2.54. The van der Waals surface area contributed by atoms with Crippen LogP contribution in [0.3, 0.4) is 0 Å². The molecule has 86 valence electrons. The van der Waals surface area contributed by atoms with Crippen LogP contribution in [-0.2, 0) is 4.79 Å². The van der Waals surface area contributed by atoms with Crippen LogP contribution >= 0.6 is 0 Å². The number of rotatable bonds is 3. The predicted octanol–water partition coefficient (Wildman–Crippen LogP) is 1.97. The minimum absolute atomic E-state index is 0.0132. The maximum absolute atomic E-state index is 10.4. The summed E-state index contributed by atoms with van der Waals surface area (Å²) < 4.78 is 0. The van der Waals surface area contributed by atoms with Crippen LogP contribution < -0.4 is 5.32 Å². The van der Waals surface area contributed by atoms with Gasteiger partial charge in [-0.05, 0) is 5.39 Å². The van der Waals surface area contributed by atoms with E-state index < -0.39 is 0 Å². The van der Waals surface area contributed by atoms with Crippen molar-refractivity contribution in [1.82, 2.24) is 5.32 Å². The predicted molar refractivity (Wildman–Crippen MR) is 65.5 cm³/mol. The largest absolute Gasteiger partial charge is 0.507 e. The number of phenols is 2. The summed E-state index contributed by atoms with van der Waals surface area (Å²) in [6.45, 7) is 3.67. The molecule has 0 aliphatic carbocycles. The molecule has 0 saturated carbocycles. The number of carbonyl (C=O) groups is 1. The summed E-state index contributed by atoms with van der Waals surface area (Å²) in [5, 5.41) is 23.1. The van der Waals surface area contributed by atoms with Crippen LogP contribution in [0, 0.1) is 0 Å². The number of nitrogens with one attached hydrogen (secondary N) is 1. The topological polar surface area (TPSA) is 69.6 Å². The highest BCUT2D eigenvalue weighted by Crippen LogP contribution is 2.36. The zero-order valence-electron chi connectivity index (χ0n) is 8.97. The Hall–Kier alpha value is -2.49. The smallest absolute Gasteiger partial charge is 0.211 e. The minimum Gasteiger partial charge on any atom is -0.507 e. The Morgan fingerprint density at radius 3 is 2.47 bits per heavy atom. The third-order valence-electron chi connectivity index (χ3n) is 2.54. The van der Waals surface area contributed by atoms with E-state index >= 15 is 0 Å². The van der Waals surface area contributed by atoms with Crippen LogP contribution in [0.15, 0.2) is 36.9 Å². The lowest BCUT2D eigenvalue weighted by Crippen LogP contribution is -2.08. The van der Waals surface area contributed by atoms with Gasteiger partial charge in [0, 0.05) is 22.7 Å². The number of aromatic hydroxyl groups is 2. The van der Waals surface area contributed by atoms with Gasteiger partial charge in [-0.3, -0.25) is 4.79 Å². The van der Waals surface area contributed by atoms with E-state index in [0.717, 1.165) is 0 Å². The summed E-state index contributed by atoms with van der Waals surface area (Å²) in [4.78, 5) is 10.4. The molecule has 2 aromatic rings. The van der Waals surface area contributed by atoms with Gasteiger partial charge in [-0.15, -0.1) is 0 Å². The van der Waals surface area contributed by atoms with Crippen LogP contribution in [0.25, 0.3) is 16.5 Å². The average Bonchev–Trinajstić information content (AvgIpc) is 2.29. The lowest BCUT2D eigenvalue weighted by atomic mass is 10.0. The second-order valence-corrected chi connectivity index (χ2v) is 3.58. The molecule has 0 heterocycles. The molecule has 0 aliphatic heterocycles. The zero-order valence-corrected chi connectivity index (χ0v) is 8.97. The third kappa shape index (κ3) is 1.80. The summed E-state index contributed by atoms with van der Waals surface area (Å²) in [6, 6.07) is 8.25. The monoisotopic (exact) mass is 229 g/mol. The molecule has 2 rings (SSSR count). The standard InChI is InChI=1S/C13H11NO3/c1-8(14-7-15)13-10-5-3-2-4-9(10)11(16)6-12(13)17/h2-7,16-17H,1H2,(H,14,15). The molecule has 0 spiro atoms. The molecule has 0 bridgehead atoms. The number of hydrogen-bond donors (Lipinski definition) is 3. The number of amides is 1. The van der Waals surface area contributed by atoms with E-state index in [-0.39, 0.29) is 17.2 Å². The van der Waals surface area contributed by atoms with Crippen LogP contribution in [-0.4, -0.2) is 16.6 Å². The maximum atomic E-state index is 10.4. The van der Waals surface area contributed by atoms with Gasteiger partial charge in [-0.2, -0.15) is 0 Å². The lowest BCUT2D eigenvalue weighted by Gasteiger charge is -2.12. The van der Waals surface area contributed by atoms with Gasteiger partial charge in [-0.1, -0.05) is 30.8 Å². The molecule has 1 amide bonds. The van der Waals surface area contributed by atoms with E-state index in [1.165, 1.54) is 6.07 Å². The molecule has 2 aromatic carbocycles. The van der Waals surface area contributed by atoms with Crippen LogP contribution in [0.5, 0.6) is 11.5 Å². The van der Waals surface area contributed by atoms with E-state index in [0.29, 0.717) is 22.7 Å². The maximum Gasteiger partial charge on any atom is 0.211 e. The molecule has 4 nitrogen and oxygen atoms in total. The molecule has 3 N–H and O–H groups in total. The first-order chi connectivity index (χ1) is 8.15. The van der Waals surface area contributed by atoms with E-state index in [9.17, 15) is 15.0 Å². The van der Waals surface area contributed by atoms with Crippen molar-refractivity contribution in [2.45, 2.75) is 0 Å². The Labute approximate surface area is 97.8 Å². The van der Waals surface area contributed by atoms with E-state index in [2.05, 4.69) is 11.9 Å². The fraction of sp³-hybridized carbons (Fsp3) is 0. The summed E-state index contributed by atoms with van der Waals surface area (Å²) in [5.74, 6) is -0.138. The minimum atomic E-state index is -0.124. The summed E-state index contributed by atoms with van der Waals surface area (Å²) in [7, 11) is 0. The molecule has 0 saturated heterocycles. The number of carbonyl (C=O) groups excluding carboxylic acids is 1. The van der Waals surface area contributed by atoms with Crippen molar-refractivity contribution in [2.75, 3.05) is 0 Å². The normalized spacial score (nSPS) is 10.1. The summed E-state index contributed by atoms with van der Waals surface area (Å²) in [5.41, 5.74) is 0.694. The van der Waals surface area contributed by atoms with Crippen molar-refractivity contribution >= 4 is 22.9 Å². The average molecular weight is 229 g/mol. The highest BCUT2D eigenvalue weighted by atomic mass is 16.3. The van der Waals surface area contributed by atoms with Crippen molar-refractivity contribution in [1.29, 1.82) is 0 Å². The fourth-order valence-electron chi connectivity index (χ4n) is 1.80. The second kappa shape index (κ2) is 4.17. The van der Waals surface area contributed by atoms with Gasteiger partial charge in [0.15, 0.2) is 0 Å². The van der Waals surface area contributed by atoms with E-state index in [4.69, 9.17) is 0 Å². The van der Waals surface area contributed by atoms with Crippen LogP contribution in [0.4, 0.5) is 0 Å². The lowest BCUT2D eigenvalue weighted by molar-refractivity contribution is -0.108. The molecule has 0 atom stereocenters. The summed E-state index contributed by atoms with van der Waals surface area (Å²) in [6.07, 6.45) is 0.489. The highest BCUT2D eigenvalue weighted by molar-refractivity contribution is 6.00. The first-order valence-corrected chi connectivity index (χ1v) is 4.98. The Bertz CT molecular complexity index is 605. The van der Waals surface area contributed by atoms with E-state index in [1.807, 2.05) is 0 Å². The van der Waals surface area contributed by atoms with Crippen LogP contribution in [0.2, 0.25) is 0 Å². The zero-order chi connectivity index (χ0) is 12.4. The van der Waals surface area contributed by atoms with Crippen molar-refractivity contribution in [3.8, 4) is 11.5 Å². The fourth-order valence-corrected chi connectivity index (χ4v) is 1.80. The van der Waals surface area contributed by atoms with Crippen molar-refractivity contribution in [2.24, 2.45) is 0 Å². The molecule has 0 fully saturated rings. The van der Waals surface area contributed by atoms with Gasteiger partial charge >= 0.3 is 0 Å². The van der Waals surface area contributed by atoms with Gasteiger partial charge in [0.25, 0.3) is 0 Å². The Morgan fingerprint density at radius 1 is 1.18 bits per heavy atom. The molecular formula is C13H11NO3. The quantitative estimate of drug-likeness (QED) is 0.705. The first kappa shape index (κ1) is 11.0. The van der Waals surface area contributed by atoms with Gasteiger partial charge in [0.05, 0.1) is 0 Å². The molecular weight excluding hydrogens is 218 g/mol.